The lowest BCUT2D eigenvalue weighted by atomic mass is 9.62. The Bertz CT molecular complexity index is 530. The van der Waals surface area contributed by atoms with Crippen LogP contribution in [0, 0.1) is 11.8 Å². The van der Waals surface area contributed by atoms with Crippen LogP contribution in [0.15, 0.2) is 18.3 Å². The number of aliphatic hydroxyl groups is 1. The van der Waals surface area contributed by atoms with Crippen LogP contribution < -0.4 is 0 Å². The van der Waals surface area contributed by atoms with Crippen molar-refractivity contribution in [3.05, 3.63) is 29.0 Å². The summed E-state index contributed by atoms with van der Waals surface area (Å²) in [6, 6.07) is 4.59. The number of hydrogen-bond donors (Lipinski definition) is 1. The van der Waals surface area contributed by atoms with Crippen LogP contribution >= 0.6 is 11.6 Å². The number of fused-ring (bicyclic) bond motifs is 2. The SMILES string of the molecule is O[C@]1(c2ccnc(Cl)c2)[C@@H]2CCC[C@H]1CN(C1CCCC1)C2. The molecule has 3 fully saturated rings. The molecule has 3 nitrogen and oxygen atoms in total. The quantitative estimate of drug-likeness (QED) is 0.846. The van der Waals surface area contributed by atoms with E-state index in [2.05, 4.69) is 9.88 Å². The topological polar surface area (TPSA) is 36.4 Å². The molecule has 0 aromatic carbocycles. The zero-order valence-electron chi connectivity index (χ0n) is 13.0. The van der Waals surface area contributed by atoms with Gasteiger partial charge in [0.2, 0.25) is 0 Å². The fraction of sp³-hybridized carbons (Fsp3) is 0.722. The number of rotatable bonds is 2. The molecular formula is C18H25ClN2O. The molecule has 4 rings (SSSR count). The van der Waals surface area contributed by atoms with Gasteiger partial charge in [0, 0.05) is 37.2 Å². The van der Waals surface area contributed by atoms with Crippen LogP contribution in [0.1, 0.15) is 50.5 Å². The monoisotopic (exact) mass is 320 g/mol. The molecule has 1 N–H and O–H groups in total. The Morgan fingerprint density at radius 1 is 1.09 bits per heavy atom. The van der Waals surface area contributed by atoms with Gasteiger partial charge in [0.1, 0.15) is 5.15 Å². The molecule has 1 aromatic heterocycles. The Balaban J connectivity index is 1.64. The molecule has 22 heavy (non-hydrogen) atoms. The molecule has 3 aliphatic rings. The van der Waals surface area contributed by atoms with E-state index in [4.69, 9.17) is 11.6 Å². The van der Waals surface area contributed by atoms with Crippen LogP contribution in [0.4, 0.5) is 0 Å². The molecule has 1 saturated heterocycles. The largest absolute Gasteiger partial charge is 0.384 e. The highest BCUT2D eigenvalue weighted by atomic mass is 35.5. The highest BCUT2D eigenvalue weighted by Crippen LogP contribution is 2.50. The zero-order valence-corrected chi connectivity index (χ0v) is 13.8. The molecule has 3 atom stereocenters. The van der Waals surface area contributed by atoms with Crippen LogP contribution in [0.2, 0.25) is 5.15 Å². The van der Waals surface area contributed by atoms with E-state index in [1.54, 1.807) is 6.20 Å². The molecule has 4 heteroatoms. The summed E-state index contributed by atoms with van der Waals surface area (Å²) >= 11 is 6.08. The van der Waals surface area contributed by atoms with Crippen molar-refractivity contribution in [3.8, 4) is 0 Å². The number of aromatic nitrogens is 1. The molecule has 1 aromatic rings. The Morgan fingerprint density at radius 2 is 1.77 bits per heavy atom. The van der Waals surface area contributed by atoms with Gasteiger partial charge < -0.3 is 5.11 Å². The lowest BCUT2D eigenvalue weighted by molar-refractivity contribution is -0.153. The Morgan fingerprint density at radius 3 is 2.41 bits per heavy atom. The molecule has 120 valence electrons. The summed E-state index contributed by atoms with van der Waals surface area (Å²) in [4.78, 5) is 6.76. The molecule has 2 heterocycles. The maximum Gasteiger partial charge on any atom is 0.129 e. The van der Waals surface area contributed by atoms with Gasteiger partial charge in [0.05, 0.1) is 5.60 Å². The highest BCUT2D eigenvalue weighted by Gasteiger charge is 2.52. The number of halogens is 1. The molecular weight excluding hydrogens is 296 g/mol. The van der Waals surface area contributed by atoms with Gasteiger partial charge in [-0.15, -0.1) is 0 Å². The van der Waals surface area contributed by atoms with Crippen molar-refractivity contribution < 1.29 is 5.11 Å². The van der Waals surface area contributed by atoms with Crippen molar-refractivity contribution >= 4 is 11.6 Å². The van der Waals surface area contributed by atoms with E-state index in [1.165, 1.54) is 32.1 Å². The summed E-state index contributed by atoms with van der Waals surface area (Å²) in [5.41, 5.74) is 0.271. The average molecular weight is 321 g/mol. The maximum atomic E-state index is 11.6. The normalized spacial score (nSPS) is 36.6. The van der Waals surface area contributed by atoms with E-state index in [-0.39, 0.29) is 0 Å². The predicted octanol–water partition coefficient (Wildman–Crippen LogP) is 3.60. The van der Waals surface area contributed by atoms with Gasteiger partial charge in [0.15, 0.2) is 0 Å². The zero-order chi connectivity index (χ0) is 15.2. The Labute approximate surface area is 137 Å². The molecule has 0 unspecified atom stereocenters. The number of nitrogens with zero attached hydrogens (tertiary/aromatic N) is 2. The lowest BCUT2D eigenvalue weighted by Crippen LogP contribution is -2.59. The molecule has 0 radical (unpaired) electrons. The van der Waals surface area contributed by atoms with Gasteiger partial charge in [-0.05, 0) is 43.4 Å². The van der Waals surface area contributed by atoms with E-state index in [0.717, 1.165) is 37.5 Å². The van der Waals surface area contributed by atoms with Gasteiger partial charge in [-0.3, -0.25) is 4.90 Å². The summed E-state index contributed by atoms with van der Waals surface area (Å²) in [6.07, 6.45) is 10.7. The smallest absolute Gasteiger partial charge is 0.129 e. The molecule has 2 saturated carbocycles. The minimum absolute atomic E-state index is 0.332. The van der Waals surface area contributed by atoms with Gasteiger partial charge in [-0.25, -0.2) is 4.98 Å². The van der Waals surface area contributed by atoms with Gasteiger partial charge in [0.25, 0.3) is 0 Å². The van der Waals surface area contributed by atoms with Crippen molar-refractivity contribution in [2.45, 2.75) is 56.6 Å². The van der Waals surface area contributed by atoms with E-state index in [0.29, 0.717) is 17.0 Å². The van der Waals surface area contributed by atoms with Crippen molar-refractivity contribution in [3.63, 3.8) is 0 Å². The number of likely N-dealkylation sites (tertiary alicyclic amines) is 1. The van der Waals surface area contributed by atoms with Crippen LogP contribution in [0.5, 0.6) is 0 Å². The van der Waals surface area contributed by atoms with E-state index < -0.39 is 5.60 Å². The summed E-state index contributed by atoms with van der Waals surface area (Å²) in [7, 11) is 0. The molecule has 0 spiro atoms. The third-order valence-electron chi connectivity index (χ3n) is 6.29. The molecule has 1 aliphatic heterocycles. The fourth-order valence-electron chi connectivity index (χ4n) is 5.18. The van der Waals surface area contributed by atoms with Crippen LogP contribution in [-0.2, 0) is 5.60 Å². The first kappa shape index (κ1) is 14.9. The highest BCUT2D eigenvalue weighted by molar-refractivity contribution is 6.29. The first-order valence-electron chi connectivity index (χ1n) is 8.76. The first-order chi connectivity index (χ1) is 10.7. The fourth-order valence-corrected chi connectivity index (χ4v) is 5.35. The minimum atomic E-state index is -0.708. The van der Waals surface area contributed by atoms with Gasteiger partial charge >= 0.3 is 0 Å². The van der Waals surface area contributed by atoms with Crippen molar-refractivity contribution in [1.29, 1.82) is 0 Å². The van der Waals surface area contributed by atoms with Crippen molar-refractivity contribution in [1.82, 2.24) is 9.88 Å². The molecule has 0 amide bonds. The Hall–Kier alpha value is -0.640. The number of hydrogen-bond acceptors (Lipinski definition) is 3. The summed E-state index contributed by atoms with van der Waals surface area (Å²) in [5, 5.41) is 12.1. The van der Waals surface area contributed by atoms with Crippen LogP contribution in [0.25, 0.3) is 0 Å². The number of piperidine rings is 1. The van der Waals surface area contributed by atoms with Crippen LogP contribution in [-0.4, -0.2) is 34.1 Å². The van der Waals surface area contributed by atoms with Crippen molar-refractivity contribution in [2.75, 3.05) is 13.1 Å². The van der Waals surface area contributed by atoms with E-state index in [9.17, 15) is 5.11 Å². The lowest BCUT2D eigenvalue weighted by Gasteiger charge is -2.54. The number of pyridine rings is 1. The third-order valence-corrected chi connectivity index (χ3v) is 6.50. The van der Waals surface area contributed by atoms with Crippen LogP contribution in [0.3, 0.4) is 0 Å². The average Bonchev–Trinajstić information content (AvgIpc) is 3.01. The van der Waals surface area contributed by atoms with Gasteiger partial charge in [-0.1, -0.05) is 30.9 Å². The second-order valence-corrected chi connectivity index (χ2v) is 7.80. The Kier molecular flexibility index (Phi) is 3.91. The maximum absolute atomic E-state index is 11.6. The van der Waals surface area contributed by atoms with E-state index >= 15 is 0 Å². The second kappa shape index (κ2) is 5.77. The van der Waals surface area contributed by atoms with Crippen molar-refractivity contribution in [2.24, 2.45) is 11.8 Å². The third kappa shape index (κ3) is 2.38. The minimum Gasteiger partial charge on any atom is -0.384 e. The first-order valence-corrected chi connectivity index (χ1v) is 9.14. The molecule has 2 bridgehead atoms. The predicted molar refractivity (Wildman–Crippen MR) is 87.8 cm³/mol. The second-order valence-electron chi connectivity index (χ2n) is 7.41. The summed E-state index contributed by atoms with van der Waals surface area (Å²) in [6.45, 7) is 2.08. The summed E-state index contributed by atoms with van der Waals surface area (Å²) in [5.74, 6) is 0.665. The standard InChI is InChI=1S/C18H25ClN2O/c19-17-10-13(8-9-20-17)18(22)14-4-3-5-15(18)12-21(11-14)16-6-1-2-7-16/h8-10,14-16,22H,1-7,11-12H2/t14-,15+,18-. The summed E-state index contributed by atoms with van der Waals surface area (Å²) < 4.78 is 0. The van der Waals surface area contributed by atoms with E-state index in [1.807, 2.05) is 12.1 Å². The molecule has 2 aliphatic carbocycles. The van der Waals surface area contributed by atoms with Gasteiger partial charge in [-0.2, -0.15) is 0 Å².